The van der Waals surface area contributed by atoms with Crippen molar-refractivity contribution in [1.82, 2.24) is 20.5 Å². The summed E-state index contributed by atoms with van der Waals surface area (Å²) < 4.78 is 0. The van der Waals surface area contributed by atoms with Crippen molar-refractivity contribution < 1.29 is 4.79 Å². The van der Waals surface area contributed by atoms with E-state index in [1.807, 2.05) is 31.9 Å². The fourth-order valence-electron chi connectivity index (χ4n) is 2.25. The molecule has 1 amide bonds. The number of thiazole rings is 1. The van der Waals surface area contributed by atoms with E-state index in [-0.39, 0.29) is 29.9 Å². The molecular formula is C17H32IN5OS. The largest absolute Gasteiger partial charge is 0.357 e. The van der Waals surface area contributed by atoms with Crippen LogP contribution in [0.5, 0.6) is 0 Å². The summed E-state index contributed by atoms with van der Waals surface area (Å²) in [5.74, 6) is 0.940. The zero-order valence-electron chi connectivity index (χ0n) is 15.8. The lowest BCUT2D eigenvalue weighted by Gasteiger charge is -2.19. The molecule has 0 unspecified atom stereocenters. The number of carbonyl (C=O) groups excluding carboxylic acids is 1. The zero-order valence-corrected chi connectivity index (χ0v) is 18.9. The molecule has 1 aromatic rings. The topological polar surface area (TPSA) is 69.6 Å². The Morgan fingerprint density at radius 3 is 2.52 bits per heavy atom. The van der Waals surface area contributed by atoms with Crippen LogP contribution in [0.15, 0.2) is 11.2 Å². The van der Waals surface area contributed by atoms with Gasteiger partial charge in [0.25, 0.3) is 0 Å². The highest BCUT2D eigenvalue weighted by molar-refractivity contribution is 14.0. The Bertz CT molecular complexity index is 517. The molecule has 0 aliphatic rings. The van der Waals surface area contributed by atoms with Gasteiger partial charge in [-0.15, -0.1) is 35.3 Å². The number of halogens is 1. The van der Waals surface area contributed by atoms with Crippen molar-refractivity contribution in [2.45, 2.75) is 47.0 Å². The van der Waals surface area contributed by atoms with Crippen LogP contribution < -0.4 is 10.6 Å². The van der Waals surface area contributed by atoms with E-state index in [0.717, 1.165) is 43.4 Å². The Balaban J connectivity index is 0.00000576. The minimum Gasteiger partial charge on any atom is -0.357 e. The van der Waals surface area contributed by atoms with Crippen LogP contribution in [0.3, 0.4) is 0 Å². The summed E-state index contributed by atoms with van der Waals surface area (Å²) in [7, 11) is 0. The quantitative estimate of drug-likeness (QED) is 0.306. The SMILES string of the molecule is CCNC(=NCCc1ncc(CC)s1)NCCC(=O)N(CC)CC.I. The molecule has 8 heteroatoms. The van der Waals surface area contributed by atoms with E-state index < -0.39 is 0 Å². The van der Waals surface area contributed by atoms with Crippen molar-refractivity contribution in [3.8, 4) is 0 Å². The van der Waals surface area contributed by atoms with E-state index in [9.17, 15) is 4.79 Å². The Kier molecular flexibility index (Phi) is 13.8. The van der Waals surface area contributed by atoms with Gasteiger partial charge < -0.3 is 15.5 Å². The van der Waals surface area contributed by atoms with Crippen LogP contribution >= 0.6 is 35.3 Å². The van der Waals surface area contributed by atoms with Crippen LogP contribution in [-0.4, -0.2) is 54.5 Å². The highest BCUT2D eigenvalue weighted by atomic mass is 127. The van der Waals surface area contributed by atoms with Crippen molar-refractivity contribution in [2.24, 2.45) is 4.99 Å². The van der Waals surface area contributed by atoms with Crippen molar-refractivity contribution in [3.05, 3.63) is 16.1 Å². The predicted octanol–water partition coefficient (Wildman–Crippen LogP) is 2.68. The van der Waals surface area contributed by atoms with Gasteiger partial charge in [0.15, 0.2) is 5.96 Å². The van der Waals surface area contributed by atoms with E-state index in [0.29, 0.717) is 19.5 Å². The molecular weight excluding hydrogens is 449 g/mol. The molecule has 0 fully saturated rings. The molecule has 1 heterocycles. The number of hydrogen-bond acceptors (Lipinski definition) is 4. The van der Waals surface area contributed by atoms with Crippen LogP contribution in [0.1, 0.15) is 44.0 Å². The lowest BCUT2D eigenvalue weighted by Crippen LogP contribution is -2.40. The Morgan fingerprint density at radius 1 is 1.24 bits per heavy atom. The normalized spacial score (nSPS) is 11.0. The lowest BCUT2D eigenvalue weighted by molar-refractivity contribution is -0.130. The summed E-state index contributed by atoms with van der Waals surface area (Å²) in [6.45, 7) is 11.8. The number of nitrogens with zero attached hydrogens (tertiary/aromatic N) is 3. The van der Waals surface area contributed by atoms with Gasteiger partial charge in [0.2, 0.25) is 5.91 Å². The maximum absolute atomic E-state index is 12.0. The monoisotopic (exact) mass is 481 g/mol. The second-order valence-electron chi connectivity index (χ2n) is 5.33. The Morgan fingerprint density at radius 2 is 1.96 bits per heavy atom. The third-order valence-electron chi connectivity index (χ3n) is 3.64. The molecule has 0 aromatic carbocycles. The molecule has 0 aliphatic carbocycles. The summed E-state index contributed by atoms with van der Waals surface area (Å²) in [4.78, 5) is 24.1. The fourth-order valence-corrected chi connectivity index (χ4v) is 3.11. The Labute approximate surface area is 172 Å². The summed E-state index contributed by atoms with van der Waals surface area (Å²) in [5.41, 5.74) is 0. The maximum Gasteiger partial charge on any atom is 0.224 e. The number of aryl methyl sites for hydroxylation is 1. The first kappa shape index (κ1) is 24.1. The molecule has 0 spiro atoms. The van der Waals surface area contributed by atoms with Gasteiger partial charge in [-0.2, -0.15) is 0 Å². The van der Waals surface area contributed by atoms with Crippen LogP contribution in [0.4, 0.5) is 0 Å². The minimum atomic E-state index is 0. The number of rotatable bonds is 10. The smallest absolute Gasteiger partial charge is 0.224 e. The number of nitrogens with one attached hydrogen (secondary N) is 2. The van der Waals surface area contributed by atoms with Crippen molar-refractivity contribution in [1.29, 1.82) is 0 Å². The molecule has 25 heavy (non-hydrogen) atoms. The van der Waals surface area contributed by atoms with Crippen LogP contribution in [-0.2, 0) is 17.6 Å². The molecule has 1 rings (SSSR count). The molecule has 0 radical (unpaired) electrons. The molecule has 0 bridgehead atoms. The highest BCUT2D eigenvalue weighted by Gasteiger charge is 2.09. The Hall–Kier alpha value is -0.900. The van der Waals surface area contributed by atoms with Gasteiger partial charge >= 0.3 is 0 Å². The van der Waals surface area contributed by atoms with Gasteiger partial charge in [0, 0.05) is 56.6 Å². The van der Waals surface area contributed by atoms with Gasteiger partial charge in [0.05, 0.1) is 5.01 Å². The van der Waals surface area contributed by atoms with E-state index in [4.69, 9.17) is 0 Å². The molecule has 144 valence electrons. The molecule has 0 atom stereocenters. The molecule has 0 saturated heterocycles. The number of hydrogen-bond donors (Lipinski definition) is 2. The van der Waals surface area contributed by atoms with Gasteiger partial charge in [0.1, 0.15) is 0 Å². The van der Waals surface area contributed by atoms with Crippen LogP contribution in [0, 0.1) is 0 Å². The second-order valence-corrected chi connectivity index (χ2v) is 6.53. The fraction of sp³-hybridized carbons (Fsp3) is 0.706. The summed E-state index contributed by atoms with van der Waals surface area (Å²) in [5, 5.41) is 7.57. The summed E-state index contributed by atoms with van der Waals surface area (Å²) in [6.07, 6.45) is 4.32. The van der Waals surface area contributed by atoms with Gasteiger partial charge in [-0.1, -0.05) is 6.92 Å². The highest BCUT2D eigenvalue weighted by Crippen LogP contribution is 2.13. The molecule has 0 aliphatic heterocycles. The maximum atomic E-state index is 12.0. The van der Waals surface area contributed by atoms with Crippen LogP contribution in [0.2, 0.25) is 0 Å². The number of aromatic nitrogens is 1. The number of aliphatic imine (C=N–C) groups is 1. The predicted molar refractivity (Wildman–Crippen MR) is 117 cm³/mol. The van der Waals surface area contributed by atoms with Crippen molar-refractivity contribution in [2.75, 3.05) is 32.7 Å². The number of carbonyl (C=O) groups is 1. The molecule has 6 nitrogen and oxygen atoms in total. The van der Waals surface area contributed by atoms with Gasteiger partial charge in [-0.3, -0.25) is 9.79 Å². The van der Waals surface area contributed by atoms with Crippen molar-refractivity contribution in [3.63, 3.8) is 0 Å². The molecule has 0 saturated carbocycles. The average molecular weight is 481 g/mol. The van der Waals surface area contributed by atoms with E-state index in [1.54, 1.807) is 11.3 Å². The third-order valence-corrected chi connectivity index (χ3v) is 4.84. The standard InChI is InChI=1S/C17H31N5OS.HI/c1-5-14-13-21-15(24-14)9-11-19-17(18-6-2)20-12-10-16(23)22(7-3)8-4;/h13H,5-12H2,1-4H3,(H2,18,19,20);1H. The number of amides is 1. The first-order valence-corrected chi connectivity index (χ1v) is 9.69. The third kappa shape index (κ3) is 9.39. The van der Waals surface area contributed by atoms with Crippen LogP contribution in [0.25, 0.3) is 0 Å². The average Bonchev–Trinajstić information content (AvgIpc) is 3.04. The van der Waals surface area contributed by atoms with Crippen molar-refractivity contribution >= 4 is 47.2 Å². The van der Waals surface area contributed by atoms with E-state index in [1.165, 1.54) is 4.88 Å². The summed E-state index contributed by atoms with van der Waals surface area (Å²) >= 11 is 1.76. The molecule has 1 aromatic heterocycles. The minimum absolute atomic E-state index is 0. The van der Waals surface area contributed by atoms with Gasteiger partial charge in [-0.05, 0) is 27.2 Å². The second kappa shape index (κ2) is 14.3. The summed E-state index contributed by atoms with van der Waals surface area (Å²) in [6, 6.07) is 0. The van der Waals surface area contributed by atoms with E-state index >= 15 is 0 Å². The van der Waals surface area contributed by atoms with Gasteiger partial charge in [-0.25, -0.2) is 4.98 Å². The lowest BCUT2D eigenvalue weighted by atomic mass is 10.3. The first-order valence-electron chi connectivity index (χ1n) is 8.87. The number of guanidine groups is 1. The van der Waals surface area contributed by atoms with E-state index in [2.05, 4.69) is 27.5 Å². The molecule has 2 N–H and O–H groups in total. The first-order chi connectivity index (χ1) is 11.6. The zero-order chi connectivity index (χ0) is 17.8.